The van der Waals surface area contributed by atoms with E-state index in [1.807, 2.05) is 42.5 Å². The first-order chi connectivity index (χ1) is 14.1. The van der Waals surface area contributed by atoms with Crippen LogP contribution in [0.25, 0.3) is 11.1 Å². The maximum absolute atomic E-state index is 12.8. The first-order valence-corrected chi connectivity index (χ1v) is 9.57. The van der Waals surface area contributed by atoms with E-state index in [2.05, 4.69) is 22.9 Å². The maximum atomic E-state index is 12.8. The SMILES string of the molecule is O=C(NC(CS)C(=O)O)c1ccc(COc2cccnc2)cc1-c1ccccc1.[H-].[H-].[Na+].[Na+]. The molecule has 0 saturated heterocycles. The number of thiol groups is 1. The van der Waals surface area contributed by atoms with Crippen molar-refractivity contribution in [1.82, 2.24) is 10.3 Å². The molecular weight excluding hydrogens is 434 g/mol. The predicted octanol–water partition coefficient (Wildman–Crippen LogP) is -2.33. The van der Waals surface area contributed by atoms with Crippen LogP contribution in [0.5, 0.6) is 5.75 Å². The second-order valence-electron chi connectivity index (χ2n) is 6.27. The molecule has 3 rings (SSSR count). The maximum Gasteiger partial charge on any atom is 1.00 e. The molecule has 3 aromatic rings. The number of aliphatic carboxylic acids is 1. The van der Waals surface area contributed by atoms with Crippen molar-refractivity contribution < 1.29 is 81.4 Å². The van der Waals surface area contributed by atoms with Crippen molar-refractivity contribution in [2.75, 3.05) is 5.75 Å². The van der Waals surface area contributed by atoms with E-state index in [-0.39, 0.29) is 67.7 Å². The molecule has 0 bridgehead atoms. The molecule has 0 spiro atoms. The number of benzene rings is 2. The third-order valence-corrected chi connectivity index (χ3v) is 4.60. The van der Waals surface area contributed by atoms with Gasteiger partial charge in [0, 0.05) is 17.5 Å². The number of amides is 1. The van der Waals surface area contributed by atoms with E-state index in [4.69, 9.17) is 4.74 Å². The molecule has 6 nitrogen and oxygen atoms in total. The summed E-state index contributed by atoms with van der Waals surface area (Å²) < 4.78 is 5.75. The van der Waals surface area contributed by atoms with Crippen molar-refractivity contribution in [2.45, 2.75) is 12.6 Å². The molecule has 0 radical (unpaired) electrons. The zero-order chi connectivity index (χ0) is 20.6. The number of carboxylic acids is 1. The fraction of sp³-hybridized carbons (Fsp3) is 0.136. The summed E-state index contributed by atoms with van der Waals surface area (Å²) in [6.07, 6.45) is 3.30. The van der Waals surface area contributed by atoms with Crippen LogP contribution < -0.4 is 69.2 Å². The Hall–Kier alpha value is -1.32. The summed E-state index contributed by atoms with van der Waals surface area (Å²) in [6.45, 7) is 0.307. The molecule has 2 N–H and O–H groups in total. The molecule has 0 aliphatic heterocycles. The number of ether oxygens (including phenoxy) is 1. The number of hydrogen-bond donors (Lipinski definition) is 3. The number of carbonyl (C=O) groups is 2. The van der Waals surface area contributed by atoms with Gasteiger partial charge in [-0.3, -0.25) is 9.78 Å². The Morgan fingerprint density at radius 1 is 1.10 bits per heavy atom. The molecule has 0 fully saturated rings. The zero-order valence-electron chi connectivity index (χ0n) is 19.5. The van der Waals surface area contributed by atoms with Gasteiger partial charge in [-0.1, -0.05) is 36.4 Å². The standard InChI is InChI=1S/C22H20N2O4S.2Na.2H/c25-21(24-20(14-29)22(26)27)18-9-8-15(13-28-17-7-4-10-23-12-17)11-19(18)16-5-2-1-3-6-16;;;;/h1-12,20,29H,13-14H2,(H,24,25)(H,26,27);;;;/q;2*+1;2*-1. The Morgan fingerprint density at radius 3 is 2.45 bits per heavy atom. The predicted molar refractivity (Wildman–Crippen MR) is 115 cm³/mol. The zero-order valence-corrected chi connectivity index (χ0v) is 22.4. The van der Waals surface area contributed by atoms with Gasteiger partial charge in [0.05, 0.1) is 6.20 Å². The van der Waals surface area contributed by atoms with Crippen molar-refractivity contribution in [3.63, 3.8) is 0 Å². The van der Waals surface area contributed by atoms with Gasteiger partial charge in [0.2, 0.25) is 0 Å². The van der Waals surface area contributed by atoms with Crippen LogP contribution >= 0.6 is 12.6 Å². The van der Waals surface area contributed by atoms with E-state index in [0.717, 1.165) is 11.1 Å². The van der Waals surface area contributed by atoms with Crippen molar-refractivity contribution in [2.24, 2.45) is 0 Å². The van der Waals surface area contributed by atoms with Gasteiger partial charge in [-0.25, -0.2) is 4.79 Å². The molecule has 0 aliphatic carbocycles. The second kappa shape index (κ2) is 14.0. The van der Waals surface area contributed by atoms with Gasteiger partial charge in [-0.15, -0.1) is 0 Å². The number of nitrogens with zero attached hydrogens (tertiary/aromatic N) is 1. The monoisotopic (exact) mass is 456 g/mol. The average Bonchev–Trinajstić information content (AvgIpc) is 2.76. The van der Waals surface area contributed by atoms with Crippen molar-refractivity contribution in [3.8, 4) is 16.9 Å². The summed E-state index contributed by atoms with van der Waals surface area (Å²) in [5, 5.41) is 11.7. The van der Waals surface area contributed by atoms with E-state index < -0.39 is 17.9 Å². The molecule has 1 amide bonds. The fourth-order valence-electron chi connectivity index (χ4n) is 2.76. The number of pyridine rings is 1. The van der Waals surface area contributed by atoms with Gasteiger partial charge in [0.1, 0.15) is 18.4 Å². The van der Waals surface area contributed by atoms with Gasteiger partial charge >= 0.3 is 65.1 Å². The number of nitrogens with one attached hydrogen (secondary N) is 1. The average molecular weight is 456 g/mol. The first-order valence-electron chi connectivity index (χ1n) is 8.94. The van der Waals surface area contributed by atoms with Gasteiger partial charge in [-0.2, -0.15) is 12.6 Å². The molecular formula is C22H22N2Na2O4S. The van der Waals surface area contributed by atoms with E-state index in [0.29, 0.717) is 23.5 Å². The molecule has 1 atom stereocenters. The van der Waals surface area contributed by atoms with E-state index in [1.54, 1.807) is 30.6 Å². The Kier molecular flexibility index (Phi) is 12.5. The Bertz CT molecular complexity index is 1000. The number of carboxylic acid groups (broad SMARTS) is 1. The van der Waals surface area contributed by atoms with Crippen molar-refractivity contribution in [1.29, 1.82) is 0 Å². The quantitative estimate of drug-likeness (QED) is 0.262. The molecule has 0 aliphatic rings. The van der Waals surface area contributed by atoms with E-state index >= 15 is 0 Å². The minimum Gasteiger partial charge on any atom is -1.00 e. The molecule has 1 aromatic heterocycles. The number of hydrogen-bond acceptors (Lipinski definition) is 5. The van der Waals surface area contributed by atoms with Crippen LogP contribution in [-0.4, -0.2) is 33.8 Å². The van der Waals surface area contributed by atoms with Gasteiger partial charge in [-0.05, 0) is 41.0 Å². The third-order valence-electron chi connectivity index (χ3n) is 4.24. The van der Waals surface area contributed by atoms with Gasteiger partial charge < -0.3 is 18.0 Å². The largest absolute Gasteiger partial charge is 1.00 e. The van der Waals surface area contributed by atoms with Gasteiger partial charge in [0.15, 0.2) is 0 Å². The van der Waals surface area contributed by atoms with Gasteiger partial charge in [0.25, 0.3) is 5.91 Å². The van der Waals surface area contributed by atoms with Crippen LogP contribution in [0, 0.1) is 0 Å². The summed E-state index contributed by atoms with van der Waals surface area (Å²) in [4.78, 5) is 28.0. The summed E-state index contributed by atoms with van der Waals surface area (Å²) in [6, 6.07) is 17.3. The van der Waals surface area contributed by atoms with Crippen LogP contribution in [0.2, 0.25) is 0 Å². The van der Waals surface area contributed by atoms with Crippen LogP contribution in [-0.2, 0) is 11.4 Å². The number of rotatable bonds is 8. The molecule has 1 unspecified atom stereocenters. The van der Waals surface area contributed by atoms with Crippen LogP contribution in [0.3, 0.4) is 0 Å². The summed E-state index contributed by atoms with van der Waals surface area (Å²) in [7, 11) is 0. The minimum absolute atomic E-state index is 0. The Morgan fingerprint density at radius 2 is 1.84 bits per heavy atom. The Labute approximate surface area is 233 Å². The van der Waals surface area contributed by atoms with E-state index in [1.165, 1.54) is 0 Å². The van der Waals surface area contributed by atoms with Crippen molar-refractivity contribution in [3.05, 3.63) is 84.2 Å². The molecule has 2 aromatic carbocycles. The normalized spacial score (nSPS) is 10.7. The van der Waals surface area contributed by atoms with Crippen LogP contribution in [0.1, 0.15) is 18.8 Å². The minimum atomic E-state index is -1.13. The fourth-order valence-corrected chi connectivity index (χ4v) is 3.00. The number of carbonyl (C=O) groups excluding carboxylic acids is 1. The Balaban J connectivity index is 0. The van der Waals surface area contributed by atoms with Crippen LogP contribution in [0.4, 0.5) is 0 Å². The molecule has 31 heavy (non-hydrogen) atoms. The smallest absolute Gasteiger partial charge is 1.00 e. The summed E-state index contributed by atoms with van der Waals surface area (Å²) >= 11 is 4.00. The topological polar surface area (TPSA) is 88.5 Å². The number of aromatic nitrogens is 1. The van der Waals surface area contributed by atoms with Crippen LogP contribution in [0.15, 0.2) is 73.1 Å². The van der Waals surface area contributed by atoms with Crippen molar-refractivity contribution >= 4 is 24.5 Å². The third kappa shape index (κ3) is 7.95. The summed E-state index contributed by atoms with van der Waals surface area (Å²) in [5.74, 6) is -0.950. The molecule has 9 heteroatoms. The first kappa shape index (κ1) is 27.7. The molecule has 152 valence electrons. The molecule has 1 heterocycles. The second-order valence-corrected chi connectivity index (χ2v) is 6.64. The molecule has 0 saturated carbocycles. The van der Waals surface area contributed by atoms with E-state index in [9.17, 15) is 14.7 Å². The summed E-state index contributed by atoms with van der Waals surface area (Å²) in [5.41, 5.74) is 2.79.